The zero-order valence-corrected chi connectivity index (χ0v) is 16.2. The first-order valence-corrected chi connectivity index (χ1v) is 9.06. The Morgan fingerprint density at radius 2 is 1.85 bits per heavy atom. The number of benzene rings is 2. The summed E-state index contributed by atoms with van der Waals surface area (Å²) in [6, 6.07) is 14.5. The molecule has 0 spiro atoms. The molecule has 2 aromatic carbocycles. The minimum atomic E-state index is -0.227. The molecular formula is C21H26ClN3O2. The average molecular weight is 388 g/mol. The van der Waals surface area contributed by atoms with Crippen molar-refractivity contribution in [1.29, 1.82) is 0 Å². The summed E-state index contributed by atoms with van der Waals surface area (Å²) in [4.78, 5) is 25.3. The fourth-order valence-electron chi connectivity index (χ4n) is 3.53. The maximum absolute atomic E-state index is 12.8. The monoisotopic (exact) mass is 387 g/mol. The molecule has 5 nitrogen and oxygen atoms in total. The van der Waals surface area contributed by atoms with Crippen molar-refractivity contribution in [3.8, 4) is 0 Å². The van der Waals surface area contributed by atoms with Crippen LogP contribution in [0.2, 0.25) is 0 Å². The van der Waals surface area contributed by atoms with E-state index in [-0.39, 0.29) is 30.3 Å². The fourth-order valence-corrected chi connectivity index (χ4v) is 3.53. The summed E-state index contributed by atoms with van der Waals surface area (Å²) in [5, 5.41) is 5.95. The first-order valence-electron chi connectivity index (χ1n) is 9.06. The van der Waals surface area contributed by atoms with Gasteiger partial charge in [0, 0.05) is 11.6 Å². The van der Waals surface area contributed by atoms with Gasteiger partial charge in [0.2, 0.25) is 0 Å². The second-order valence-corrected chi connectivity index (χ2v) is 6.88. The standard InChI is InChI=1S/C21H25N3O2.ClH/c1-14-6-4-7-15(12-14)20(25)24-19-10-3-2-9-17(19)21(26)23-18-11-5-8-16(18)13-22;/h2-4,6-7,9-10,12,16,18H,5,8,11,13,22H2,1H3,(H,23,26)(H,24,25);1H. The highest BCUT2D eigenvalue weighted by molar-refractivity contribution is 6.09. The number of rotatable bonds is 5. The number of carbonyl (C=O) groups excluding carboxylic acids is 2. The van der Waals surface area contributed by atoms with Crippen molar-refractivity contribution < 1.29 is 9.59 Å². The Balaban J connectivity index is 0.00000261. The molecule has 27 heavy (non-hydrogen) atoms. The Morgan fingerprint density at radius 3 is 2.59 bits per heavy atom. The highest BCUT2D eigenvalue weighted by Gasteiger charge is 2.28. The Bertz CT molecular complexity index is 810. The summed E-state index contributed by atoms with van der Waals surface area (Å²) >= 11 is 0. The molecule has 0 aromatic heterocycles. The first kappa shape index (κ1) is 20.9. The van der Waals surface area contributed by atoms with Crippen molar-refractivity contribution in [1.82, 2.24) is 5.32 Å². The number of hydrogen-bond acceptors (Lipinski definition) is 3. The summed E-state index contributed by atoms with van der Waals surface area (Å²) in [6.45, 7) is 2.52. The first-order chi connectivity index (χ1) is 12.6. The number of hydrogen-bond donors (Lipinski definition) is 3. The van der Waals surface area contributed by atoms with E-state index < -0.39 is 0 Å². The Kier molecular flexibility index (Phi) is 7.39. The lowest BCUT2D eigenvalue weighted by molar-refractivity contribution is 0.0929. The molecular weight excluding hydrogens is 362 g/mol. The zero-order chi connectivity index (χ0) is 18.5. The Morgan fingerprint density at radius 1 is 1.07 bits per heavy atom. The molecule has 2 amide bonds. The third kappa shape index (κ3) is 5.08. The third-order valence-electron chi connectivity index (χ3n) is 4.98. The summed E-state index contributed by atoms with van der Waals surface area (Å²) in [6.07, 6.45) is 3.08. The topological polar surface area (TPSA) is 84.2 Å². The van der Waals surface area contributed by atoms with Crippen molar-refractivity contribution in [2.45, 2.75) is 32.2 Å². The van der Waals surface area contributed by atoms with Crippen LogP contribution in [-0.2, 0) is 0 Å². The SMILES string of the molecule is Cc1cccc(C(=O)Nc2ccccc2C(=O)NC2CCCC2CN)c1.Cl. The minimum Gasteiger partial charge on any atom is -0.349 e. The van der Waals surface area contributed by atoms with Crippen LogP contribution in [0.25, 0.3) is 0 Å². The van der Waals surface area contributed by atoms with Gasteiger partial charge in [-0.2, -0.15) is 0 Å². The average Bonchev–Trinajstić information content (AvgIpc) is 3.09. The van der Waals surface area contributed by atoms with Crippen molar-refractivity contribution in [3.05, 3.63) is 65.2 Å². The number of amides is 2. The number of nitrogens with one attached hydrogen (secondary N) is 2. The van der Waals surface area contributed by atoms with Crippen LogP contribution in [0.5, 0.6) is 0 Å². The van der Waals surface area contributed by atoms with Gasteiger partial charge < -0.3 is 16.4 Å². The number of nitrogens with two attached hydrogens (primary N) is 1. The number of carbonyl (C=O) groups is 2. The van der Waals surface area contributed by atoms with Crippen LogP contribution in [0, 0.1) is 12.8 Å². The van der Waals surface area contributed by atoms with Crippen LogP contribution in [0.4, 0.5) is 5.69 Å². The molecule has 144 valence electrons. The molecule has 0 bridgehead atoms. The predicted octanol–water partition coefficient (Wildman–Crippen LogP) is 3.53. The molecule has 0 saturated heterocycles. The van der Waals surface area contributed by atoms with Crippen molar-refractivity contribution >= 4 is 29.9 Å². The van der Waals surface area contributed by atoms with E-state index in [4.69, 9.17) is 5.73 Å². The molecule has 0 aliphatic heterocycles. The molecule has 3 rings (SSSR count). The van der Waals surface area contributed by atoms with E-state index in [1.165, 1.54) is 0 Å². The van der Waals surface area contributed by atoms with Gasteiger partial charge in [-0.05, 0) is 56.5 Å². The second-order valence-electron chi connectivity index (χ2n) is 6.88. The van der Waals surface area contributed by atoms with Gasteiger partial charge in [-0.15, -0.1) is 12.4 Å². The normalized spacial score (nSPS) is 18.4. The molecule has 2 unspecified atom stereocenters. The molecule has 1 aliphatic carbocycles. The van der Waals surface area contributed by atoms with E-state index in [2.05, 4.69) is 10.6 Å². The van der Waals surface area contributed by atoms with Gasteiger partial charge in [-0.25, -0.2) is 0 Å². The lowest BCUT2D eigenvalue weighted by Gasteiger charge is -2.20. The molecule has 2 aromatic rings. The van der Waals surface area contributed by atoms with E-state index in [1.807, 2.05) is 25.1 Å². The van der Waals surface area contributed by atoms with Gasteiger partial charge in [0.1, 0.15) is 0 Å². The quantitative estimate of drug-likeness (QED) is 0.733. The molecule has 0 heterocycles. The molecule has 1 aliphatic rings. The van der Waals surface area contributed by atoms with Gasteiger partial charge >= 0.3 is 0 Å². The van der Waals surface area contributed by atoms with E-state index in [9.17, 15) is 9.59 Å². The molecule has 4 N–H and O–H groups in total. The number of aryl methyl sites for hydroxylation is 1. The maximum Gasteiger partial charge on any atom is 0.255 e. The summed E-state index contributed by atoms with van der Waals surface area (Å²) < 4.78 is 0. The van der Waals surface area contributed by atoms with E-state index in [0.29, 0.717) is 29.3 Å². The van der Waals surface area contributed by atoms with Crippen LogP contribution >= 0.6 is 12.4 Å². The summed E-state index contributed by atoms with van der Waals surface area (Å²) in [5.41, 5.74) is 8.36. The smallest absolute Gasteiger partial charge is 0.255 e. The van der Waals surface area contributed by atoms with Gasteiger partial charge in [0.15, 0.2) is 0 Å². The largest absolute Gasteiger partial charge is 0.349 e. The van der Waals surface area contributed by atoms with Crippen LogP contribution in [-0.4, -0.2) is 24.4 Å². The lowest BCUT2D eigenvalue weighted by atomic mass is 10.0. The maximum atomic E-state index is 12.8. The Hall–Kier alpha value is -2.37. The molecule has 1 saturated carbocycles. The third-order valence-corrected chi connectivity index (χ3v) is 4.98. The van der Waals surface area contributed by atoms with Gasteiger partial charge in [0.05, 0.1) is 11.3 Å². The van der Waals surface area contributed by atoms with Crippen molar-refractivity contribution in [3.63, 3.8) is 0 Å². The van der Waals surface area contributed by atoms with Crippen molar-refractivity contribution in [2.24, 2.45) is 11.7 Å². The molecule has 2 atom stereocenters. The molecule has 6 heteroatoms. The Labute approximate surface area is 166 Å². The van der Waals surface area contributed by atoms with Crippen LogP contribution in [0.3, 0.4) is 0 Å². The second kappa shape index (κ2) is 9.53. The lowest BCUT2D eigenvalue weighted by Crippen LogP contribution is -2.40. The van der Waals surface area contributed by atoms with E-state index >= 15 is 0 Å². The number of halogens is 1. The number of anilines is 1. The highest BCUT2D eigenvalue weighted by Crippen LogP contribution is 2.25. The van der Waals surface area contributed by atoms with Crippen molar-refractivity contribution in [2.75, 3.05) is 11.9 Å². The number of para-hydroxylation sites is 1. The predicted molar refractivity (Wildman–Crippen MR) is 110 cm³/mol. The van der Waals surface area contributed by atoms with Crippen LogP contribution in [0.15, 0.2) is 48.5 Å². The van der Waals surface area contributed by atoms with Crippen LogP contribution < -0.4 is 16.4 Å². The van der Waals surface area contributed by atoms with Gasteiger partial charge in [-0.1, -0.05) is 36.2 Å². The molecule has 0 radical (unpaired) electrons. The van der Waals surface area contributed by atoms with E-state index in [0.717, 1.165) is 24.8 Å². The zero-order valence-electron chi connectivity index (χ0n) is 15.4. The van der Waals surface area contributed by atoms with Gasteiger partial charge in [-0.3, -0.25) is 9.59 Å². The van der Waals surface area contributed by atoms with E-state index in [1.54, 1.807) is 30.3 Å². The molecule has 1 fully saturated rings. The van der Waals surface area contributed by atoms with Gasteiger partial charge in [0.25, 0.3) is 11.8 Å². The fraction of sp³-hybridized carbons (Fsp3) is 0.333. The minimum absolute atomic E-state index is 0. The summed E-state index contributed by atoms with van der Waals surface area (Å²) in [7, 11) is 0. The highest BCUT2D eigenvalue weighted by atomic mass is 35.5. The van der Waals surface area contributed by atoms with Crippen LogP contribution in [0.1, 0.15) is 45.5 Å². The summed E-state index contributed by atoms with van der Waals surface area (Å²) in [5.74, 6) is -0.0712.